The molecular formula is C60H41N3. The van der Waals surface area contributed by atoms with Crippen LogP contribution in [0.5, 0.6) is 0 Å². The van der Waals surface area contributed by atoms with Crippen LogP contribution in [0.25, 0.3) is 117 Å². The monoisotopic (exact) mass is 803 g/mol. The van der Waals surface area contributed by atoms with Crippen molar-refractivity contribution in [2.24, 2.45) is 0 Å². The van der Waals surface area contributed by atoms with E-state index in [2.05, 4.69) is 218 Å². The summed E-state index contributed by atoms with van der Waals surface area (Å²) in [5.41, 5.74) is 20.7. The van der Waals surface area contributed by atoms with Crippen LogP contribution < -0.4 is 0 Å². The molecular weight excluding hydrogens is 763 g/mol. The molecule has 0 aliphatic heterocycles. The fourth-order valence-electron chi connectivity index (χ4n) is 9.74. The van der Waals surface area contributed by atoms with E-state index in [-0.39, 0.29) is 0 Å². The van der Waals surface area contributed by atoms with Crippen molar-refractivity contribution in [2.45, 2.75) is 13.8 Å². The van der Waals surface area contributed by atoms with Gasteiger partial charge in [0.1, 0.15) is 0 Å². The third kappa shape index (κ3) is 6.36. The summed E-state index contributed by atoms with van der Waals surface area (Å²) >= 11 is 0. The number of aromatic nitrogens is 3. The summed E-state index contributed by atoms with van der Waals surface area (Å²) in [7, 11) is 0. The molecule has 0 aliphatic carbocycles. The molecule has 0 radical (unpaired) electrons. The van der Waals surface area contributed by atoms with Gasteiger partial charge >= 0.3 is 0 Å². The molecule has 0 atom stereocenters. The molecule has 296 valence electrons. The van der Waals surface area contributed by atoms with Crippen molar-refractivity contribution >= 4 is 38.1 Å². The maximum atomic E-state index is 5.11. The van der Waals surface area contributed by atoms with Crippen LogP contribution in [0.4, 0.5) is 0 Å². The number of hydrogen-bond acceptors (Lipinski definition) is 2. The fourth-order valence-corrected chi connectivity index (χ4v) is 9.74. The van der Waals surface area contributed by atoms with Gasteiger partial charge in [-0.2, -0.15) is 0 Å². The quantitative estimate of drug-likeness (QED) is 0.161. The standard InChI is InChI=1S/C60H41N3/c1-38-30-39(2)32-49(31-38)46-28-29-51-52-25-13-27-54-53-26-12-24-50(58(53)63(59(52)54)57(51)36-46)47-22-10-20-44(34-47)42-18-9-19-43(33-42)45-21-11-23-48(35-45)60-61-55(40-14-5-3-6-15-40)37-56(62-60)41-16-7-4-8-17-41/h3-37H,1-2H3. The van der Waals surface area contributed by atoms with Crippen molar-refractivity contribution in [1.29, 1.82) is 0 Å². The summed E-state index contributed by atoms with van der Waals surface area (Å²) in [5, 5.41) is 5.13. The summed E-state index contributed by atoms with van der Waals surface area (Å²) in [4.78, 5) is 10.2. The van der Waals surface area contributed by atoms with Gasteiger partial charge in [-0.25, -0.2) is 9.97 Å². The second kappa shape index (κ2) is 14.8. The Balaban J connectivity index is 0.950. The molecule has 3 aromatic heterocycles. The van der Waals surface area contributed by atoms with Crippen LogP contribution in [0.15, 0.2) is 212 Å². The van der Waals surface area contributed by atoms with Crippen LogP contribution in [-0.2, 0) is 0 Å². The Morgan fingerprint density at radius 2 is 0.762 bits per heavy atom. The van der Waals surface area contributed by atoms with E-state index in [1.165, 1.54) is 77.0 Å². The molecule has 0 amide bonds. The molecule has 3 heterocycles. The Morgan fingerprint density at radius 3 is 1.38 bits per heavy atom. The van der Waals surface area contributed by atoms with E-state index < -0.39 is 0 Å². The summed E-state index contributed by atoms with van der Waals surface area (Å²) < 4.78 is 2.53. The highest BCUT2D eigenvalue weighted by Gasteiger charge is 2.21. The molecule has 3 nitrogen and oxygen atoms in total. The normalized spacial score (nSPS) is 11.7. The molecule has 12 rings (SSSR count). The Bertz CT molecular complexity index is 3620. The minimum Gasteiger partial charge on any atom is -0.307 e. The van der Waals surface area contributed by atoms with Crippen molar-refractivity contribution in [3.63, 3.8) is 0 Å². The maximum Gasteiger partial charge on any atom is 0.160 e. The van der Waals surface area contributed by atoms with Crippen LogP contribution in [-0.4, -0.2) is 14.4 Å². The lowest BCUT2D eigenvalue weighted by atomic mass is 9.95. The molecule has 3 heteroatoms. The largest absolute Gasteiger partial charge is 0.307 e. The van der Waals surface area contributed by atoms with Crippen molar-refractivity contribution in [1.82, 2.24) is 14.4 Å². The van der Waals surface area contributed by atoms with Crippen LogP contribution in [0.3, 0.4) is 0 Å². The topological polar surface area (TPSA) is 30.2 Å². The Hall–Kier alpha value is -8.14. The van der Waals surface area contributed by atoms with Crippen molar-refractivity contribution < 1.29 is 0 Å². The van der Waals surface area contributed by atoms with Crippen LogP contribution >= 0.6 is 0 Å². The van der Waals surface area contributed by atoms with E-state index >= 15 is 0 Å². The van der Waals surface area contributed by atoms with Gasteiger partial charge in [0.15, 0.2) is 5.82 Å². The molecule has 0 bridgehead atoms. The Morgan fingerprint density at radius 1 is 0.302 bits per heavy atom. The molecule has 0 aliphatic rings. The van der Waals surface area contributed by atoms with Gasteiger partial charge in [-0.15, -0.1) is 0 Å². The zero-order valence-electron chi connectivity index (χ0n) is 35.0. The van der Waals surface area contributed by atoms with E-state index in [0.717, 1.165) is 44.8 Å². The number of fused-ring (bicyclic) bond motifs is 6. The highest BCUT2D eigenvalue weighted by atomic mass is 14.9. The van der Waals surface area contributed by atoms with E-state index in [1.807, 2.05) is 12.1 Å². The van der Waals surface area contributed by atoms with E-state index in [0.29, 0.717) is 5.82 Å². The first-order valence-electron chi connectivity index (χ1n) is 21.6. The molecule has 0 saturated carbocycles. The maximum absolute atomic E-state index is 5.11. The molecule has 0 N–H and O–H groups in total. The first-order valence-corrected chi connectivity index (χ1v) is 21.6. The van der Waals surface area contributed by atoms with E-state index in [4.69, 9.17) is 9.97 Å². The molecule has 9 aromatic carbocycles. The van der Waals surface area contributed by atoms with Gasteiger partial charge < -0.3 is 4.40 Å². The smallest absolute Gasteiger partial charge is 0.160 e. The zero-order chi connectivity index (χ0) is 42.0. The lowest BCUT2D eigenvalue weighted by molar-refractivity contribution is 1.18. The van der Waals surface area contributed by atoms with Gasteiger partial charge in [0.2, 0.25) is 0 Å². The first-order chi connectivity index (χ1) is 31.0. The number of benzene rings is 9. The summed E-state index contributed by atoms with van der Waals surface area (Å²) in [6, 6.07) is 76.7. The van der Waals surface area contributed by atoms with Gasteiger partial charge in [-0.3, -0.25) is 0 Å². The van der Waals surface area contributed by atoms with Crippen molar-refractivity contribution in [2.75, 3.05) is 0 Å². The predicted octanol–water partition coefficient (Wildman–Crippen LogP) is 15.9. The summed E-state index contributed by atoms with van der Waals surface area (Å²) in [6.07, 6.45) is 0. The third-order valence-electron chi connectivity index (χ3n) is 12.6. The number of rotatable bonds is 7. The second-order valence-corrected chi connectivity index (χ2v) is 16.8. The molecule has 0 unspecified atom stereocenters. The molecule has 0 fully saturated rings. The number of nitrogens with zero attached hydrogens (tertiary/aromatic N) is 3. The minimum atomic E-state index is 0.702. The molecule has 0 spiro atoms. The lowest BCUT2D eigenvalue weighted by Crippen LogP contribution is -1.96. The number of aryl methyl sites for hydroxylation is 2. The van der Waals surface area contributed by atoms with Crippen LogP contribution in [0.2, 0.25) is 0 Å². The van der Waals surface area contributed by atoms with Gasteiger partial charge in [0.25, 0.3) is 0 Å². The molecule has 12 aromatic rings. The van der Waals surface area contributed by atoms with Crippen molar-refractivity contribution in [3.05, 3.63) is 223 Å². The highest BCUT2D eigenvalue weighted by Crippen LogP contribution is 2.44. The third-order valence-corrected chi connectivity index (χ3v) is 12.6. The average Bonchev–Trinajstić information content (AvgIpc) is 3.86. The highest BCUT2D eigenvalue weighted by molar-refractivity contribution is 6.25. The Labute approximate surface area is 366 Å². The Kier molecular flexibility index (Phi) is 8.62. The van der Waals surface area contributed by atoms with Crippen LogP contribution in [0.1, 0.15) is 11.1 Å². The average molecular weight is 804 g/mol. The van der Waals surface area contributed by atoms with Gasteiger partial charge in [-0.05, 0) is 83.1 Å². The predicted molar refractivity (Wildman–Crippen MR) is 264 cm³/mol. The lowest BCUT2D eigenvalue weighted by Gasteiger charge is -2.12. The zero-order valence-corrected chi connectivity index (χ0v) is 35.0. The number of hydrogen-bond donors (Lipinski definition) is 0. The van der Waals surface area contributed by atoms with Gasteiger partial charge in [0.05, 0.1) is 27.9 Å². The van der Waals surface area contributed by atoms with E-state index in [9.17, 15) is 0 Å². The minimum absolute atomic E-state index is 0.702. The van der Waals surface area contributed by atoms with Crippen molar-refractivity contribution in [3.8, 4) is 78.4 Å². The van der Waals surface area contributed by atoms with Gasteiger partial charge in [-0.1, -0.05) is 193 Å². The van der Waals surface area contributed by atoms with Gasteiger partial charge in [0, 0.05) is 43.8 Å². The fraction of sp³-hybridized carbons (Fsp3) is 0.0333. The molecule has 0 saturated heterocycles. The first kappa shape index (κ1) is 36.7. The summed E-state index contributed by atoms with van der Waals surface area (Å²) in [5.74, 6) is 0.702. The second-order valence-electron chi connectivity index (χ2n) is 16.8. The molecule has 63 heavy (non-hydrogen) atoms. The van der Waals surface area contributed by atoms with E-state index in [1.54, 1.807) is 0 Å². The SMILES string of the molecule is Cc1cc(C)cc(-c2ccc3c4cccc5c6cccc(-c7cccc(-c8cccc(-c9cccc(-c%10nc(-c%11ccccc%11)cc(-c%11ccccc%11)n%10)c9)c8)c7)c6n(c3c2)c45)c1. The summed E-state index contributed by atoms with van der Waals surface area (Å²) in [6.45, 7) is 4.36. The number of para-hydroxylation sites is 2. The van der Waals surface area contributed by atoms with Crippen LogP contribution in [0, 0.1) is 13.8 Å².